The second kappa shape index (κ2) is 8.47. The summed E-state index contributed by atoms with van der Waals surface area (Å²) in [6.45, 7) is 2.67. The molecule has 6 nitrogen and oxygen atoms in total. The van der Waals surface area contributed by atoms with Crippen LogP contribution in [0.2, 0.25) is 0 Å². The molecule has 0 aliphatic heterocycles. The van der Waals surface area contributed by atoms with Gasteiger partial charge in [0.1, 0.15) is 11.6 Å². The zero-order valence-corrected chi connectivity index (χ0v) is 17.4. The first-order valence-corrected chi connectivity index (χ1v) is 9.97. The van der Waals surface area contributed by atoms with Crippen LogP contribution in [0.15, 0.2) is 66.9 Å². The van der Waals surface area contributed by atoms with Crippen molar-refractivity contribution in [2.45, 2.75) is 13.5 Å². The van der Waals surface area contributed by atoms with Crippen LogP contribution in [0.1, 0.15) is 22.8 Å². The summed E-state index contributed by atoms with van der Waals surface area (Å²) >= 11 is 0. The van der Waals surface area contributed by atoms with Gasteiger partial charge < -0.3 is 15.5 Å². The Labute approximate surface area is 179 Å². The Morgan fingerprint density at radius 2 is 1.97 bits per heavy atom. The van der Waals surface area contributed by atoms with E-state index in [0.29, 0.717) is 30.0 Å². The number of hydrogen-bond donors (Lipinski definition) is 1. The number of rotatable bonds is 6. The van der Waals surface area contributed by atoms with Gasteiger partial charge in [0, 0.05) is 30.1 Å². The van der Waals surface area contributed by atoms with E-state index in [0.717, 1.165) is 22.0 Å². The lowest BCUT2D eigenvalue weighted by Gasteiger charge is -2.19. The van der Waals surface area contributed by atoms with Crippen LogP contribution in [0, 0.1) is 5.82 Å². The topological polar surface area (TPSA) is 73.4 Å². The molecule has 0 aliphatic rings. The van der Waals surface area contributed by atoms with Crippen LogP contribution < -0.4 is 10.6 Å². The zero-order valence-electron chi connectivity index (χ0n) is 17.4. The summed E-state index contributed by atoms with van der Waals surface area (Å²) in [6.07, 6.45) is 1.69. The Hall–Kier alpha value is -3.87. The van der Waals surface area contributed by atoms with Gasteiger partial charge in [-0.1, -0.05) is 30.3 Å². The molecule has 0 fully saturated rings. The zero-order chi connectivity index (χ0) is 22.0. The first-order valence-electron chi connectivity index (χ1n) is 9.97. The van der Waals surface area contributed by atoms with Gasteiger partial charge in [-0.2, -0.15) is 9.89 Å². The number of nitrogen functional groups attached to an aromatic ring is 1. The van der Waals surface area contributed by atoms with E-state index in [1.807, 2.05) is 31.2 Å². The van der Waals surface area contributed by atoms with Gasteiger partial charge in [-0.05, 0) is 48.4 Å². The number of ether oxygens (including phenoxy) is 1. The van der Waals surface area contributed by atoms with E-state index >= 15 is 0 Å². The minimum atomic E-state index is -0.326. The first kappa shape index (κ1) is 20.4. The van der Waals surface area contributed by atoms with Gasteiger partial charge in [0.25, 0.3) is 5.91 Å². The Kier molecular flexibility index (Phi) is 5.58. The average Bonchev–Trinajstić information content (AvgIpc) is 3.15. The third-order valence-corrected chi connectivity index (χ3v) is 5.12. The molecule has 31 heavy (non-hydrogen) atoms. The van der Waals surface area contributed by atoms with Crippen LogP contribution in [-0.4, -0.2) is 34.4 Å². The van der Waals surface area contributed by atoms with Gasteiger partial charge >= 0.3 is 0 Å². The maximum atomic E-state index is 13.7. The minimum Gasteiger partial charge on any atom is -0.493 e. The van der Waals surface area contributed by atoms with E-state index in [2.05, 4.69) is 5.10 Å². The molecule has 0 saturated heterocycles. The number of carbonyl (C=O) groups excluding carboxylic acids is 1. The van der Waals surface area contributed by atoms with Crippen molar-refractivity contribution in [3.8, 4) is 16.9 Å². The number of nitrogens with two attached hydrogens (primary N) is 1. The highest BCUT2D eigenvalue weighted by Gasteiger charge is 2.17. The first-order chi connectivity index (χ1) is 15.0. The highest BCUT2D eigenvalue weighted by Crippen LogP contribution is 2.32. The molecule has 2 N–H and O–H groups in total. The fraction of sp³-hybridized carbons (Fsp3) is 0.167. The third kappa shape index (κ3) is 4.07. The van der Waals surface area contributed by atoms with Crippen molar-refractivity contribution < 1.29 is 13.9 Å². The molecular weight excluding hydrogens is 395 g/mol. The van der Waals surface area contributed by atoms with Crippen molar-refractivity contribution in [2.75, 3.05) is 19.5 Å². The van der Waals surface area contributed by atoms with Gasteiger partial charge in [-0.15, -0.1) is 0 Å². The quantitative estimate of drug-likeness (QED) is 0.476. The van der Waals surface area contributed by atoms with E-state index in [-0.39, 0.29) is 11.7 Å². The molecule has 0 saturated carbocycles. The summed E-state index contributed by atoms with van der Waals surface area (Å²) in [5.74, 6) is 5.99. The predicted octanol–water partition coefficient (Wildman–Crippen LogP) is 4.23. The Bertz CT molecular complexity index is 1250. The molecule has 1 aromatic heterocycles. The molecule has 0 unspecified atom stereocenters. The molecule has 0 spiro atoms. The number of benzene rings is 3. The monoisotopic (exact) mass is 418 g/mol. The SMILES string of the molecule is CCOc1cc(C(=O)N(C)Cc2cccc3cnn(N)c23)ccc1-c1cccc(F)c1. The van der Waals surface area contributed by atoms with Gasteiger partial charge in [0.2, 0.25) is 0 Å². The Morgan fingerprint density at radius 3 is 2.74 bits per heavy atom. The van der Waals surface area contributed by atoms with Crippen LogP contribution >= 0.6 is 0 Å². The molecule has 158 valence electrons. The van der Waals surface area contributed by atoms with Gasteiger partial charge in [-0.25, -0.2) is 4.39 Å². The lowest BCUT2D eigenvalue weighted by Crippen LogP contribution is -2.26. The second-order valence-corrected chi connectivity index (χ2v) is 7.26. The van der Waals surface area contributed by atoms with Crippen LogP contribution in [0.5, 0.6) is 5.75 Å². The second-order valence-electron chi connectivity index (χ2n) is 7.26. The van der Waals surface area contributed by atoms with E-state index in [1.165, 1.54) is 16.9 Å². The molecule has 4 rings (SSSR count). The molecule has 1 heterocycles. The molecule has 0 bridgehead atoms. The standard InChI is InChI=1S/C24H23FN4O2/c1-3-31-22-13-17(10-11-21(22)16-6-5-9-20(25)12-16)24(30)28(2)15-19-8-4-7-18-14-27-29(26)23(18)19/h4-14H,3,15,26H2,1-2H3. The Morgan fingerprint density at radius 1 is 1.16 bits per heavy atom. The molecule has 1 amide bonds. The summed E-state index contributed by atoms with van der Waals surface area (Å²) in [6, 6.07) is 17.3. The third-order valence-electron chi connectivity index (χ3n) is 5.12. The fourth-order valence-corrected chi connectivity index (χ4v) is 3.68. The molecule has 0 aliphatic carbocycles. The summed E-state index contributed by atoms with van der Waals surface area (Å²) in [5.41, 5.74) is 3.60. The highest BCUT2D eigenvalue weighted by molar-refractivity contribution is 5.95. The van der Waals surface area contributed by atoms with E-state index in [1.54, 1.807) is 42.4 Å². The van der Waals surface area contributed by atoms with Crippen LogP contribution in [0.25, 0.3) is 22.0 Å². The Balaban J connectivity index is 1.63. The number of fused-ring (bicyclic) bond motifs is 1. The predicted molar refractivity (Wildman–Crippen MR) is 119 cm³/mol. The van der Waals surface area contributed by atoms with Crippen molar-refractivity contribution in [2.24, 2.45) is 0 Å². The van der Waals surface area contributed by atoms with E-state index in [4.69, 9.17) is 10.6 Å². The lowest BCUT2D eigenvalue weighted by molar-refractivity contribution is 0.0785. The fourth-order valence-electron chi connectivity index (χ4n) is 3.68. The number of para-hydroxylation sites is 1. The maximum Gasteiger partial charge on any atom is 0.254 e. The normalized spacial score (nSPS) is 10.9. The van der Waals surface area contributed by atoms with E-state index in [9.17, 15) is 9.18 Å². The molecule has 0 atom stereocenters. The lowest BCUT2D eigenvalue weighted by atomic mass is 10.0. The smallest absolute Gasteiger partial charge is 0.254 e. The number of amides is 1. The van der Waals surface area contributed by atoms with Crippen LogP contribution in [-0.2, 0) is 6.54 Å². The number of carbonyl (C=O) groups is 1. The maximum absolute atomic E-state index is 13.7. The van der Waals surface area contributed by atoms with Gasteiger partial charge in [0.15, 0.2) is 0 Å². The number of nitrogens with zero attached hydrogens (tertiary/aromatic N) is 3. The van der Waals surface area contributed by atoms with E-state index < -0.39 is 0 Å². The highest BCUT2D eigenvalue weighted by atomic mass is 19.1. The summed E-state index contributed by atoms with van der Waals surface area (Å²) in [5, 5.41) is 5.01. The number of halogens is 1. The average molecular weight is 418 g/mol. The van der Waals surface area contributed by atoms with Crippen molar-refractivity contribution >= 4 is 16.8 Å². The minimum absolute atomic E-state index is 0.160. The molecule has 7 heteroatoms. The van der Waals surface area contributed by atoms with Crippen molar-refractivity contribution in [3.63, 3.8) is 0 Å². The van der Waals surface area contributed by atoms with Crippen LogP contribution in [0.3, 0.4) is 0 Å². The molecule has 3 aromatic carbocycles. The molecule has 0 radical (unpaired) electrons. The van der Waals surface area contributed by atoms with Gasteiger partial charge in [0.05, 0.1) is 18.3 Å². The number of aromatic nitrogens is 2. The van der Waals surface area contributed by atoms with Crippen molar-refractivity contribution in [1.29, 1.82) is 0 Å². The van der Waals surface area contributed by atoms with Gasteiger partial charge in [-0.3, -0.25) is 4.79 Å². The van der Waals surface area contributed by atoms with Crippen molar-refractivity contribution in [3.05, 3.63) is 83.8 Å². The van der Waals surface area contributed by atoms with Crippen molar-refractivity contribution in [1.82, 2.24) is 14.8 Å². The largest absolute Gasteiger partial charge is 0.493 e. The summed E-state index contributed by atoms with van der Waals surface area (Å²) in [4.78, 5) is 16.1. The molecule has 4 aromatic rings. The summed E-state index contributed by atoms with van der Waals surface area (Å²) < 4.78 is 19.5. The molecular formula is C24H23FN4O2. The summed E-state index contributed by atoms with van der Waals surface area (Å²) in [7, 11) is 1.74. The van der Waals surface area contributed by atoms with Crippen LogP contribution in [0.4, 0.5) is 4.39 Å². The number of hydrogen-bond acceptors (Lipinski definition) is 4.